The Kier molecular flexibility index (Phi) is 20.2. The number of carbonyl (C=O) groups is 1. The standard InChI is InChI=1S/C12H23ClO2.K/c13-11-9-7-5-3-1-2-4-6-8-10-12(14)15;/h1-11H2,(H,14,15);/q;+1/p-1. The van der Waals surface area contributed by atoms with E-state index in [1.54, 1.807) is 0 Å². The predicted molar refractivity (Wildman–Crippen MR) is 61.9 cm³/mol. The first kappa shape index (κ1) is 19.7. The van der Waals surface area contributed by atoms with E-state index in [0.29, 0.717) is 0 Å². The number of carboxylic acids is 1. The molecule has 0 spiro atoms. The third kappa shape index (κ3) is 17.8. The SMILES string of the molecule is O=C([O-])CCCCCCCCCCCCl.[K+]. The number of aliphatic carboxylic acids is 1. The summed E-state index contributed by atoms with van der Waals surface area (Å²) >= 11 is 5.57. The van der Waals surface area contributed by atoms with E-state index in [4.69, 9.17) is 11.6 Å². The van der Waals surface area contributed by atoms with Crippen LogP contribution in [0.1, 0.15) is 64.2 Å². The molecule has 0 N–H and O–H groups in total. The van der Waals surface area contributed by atoms with Crippen LogP contribution in [0, 0.1) is 0 Å². The van der Waals surface area contributed by atoms with Crippen LogP contribution in [0.25, 0.3) is 0 Å². The van der Waals surface area contributed by atoms with Crippen LogP contribution < -0.4 is 56.5 Å². The molecular formula is C12H22ClKO2. The van der Waals surface area contributed by atoms with Gasteiger partial charge in [-0.3, -0.25) is 0 Å². The zero-order valence-electron chi connectivity index (χ0n) is 10.5. The second-order valence-corrected chi connectivity index (χ2v) is 4.37. The maximum atomic E-state index is 10.1. The summed E-state index contributed by atoms with van der Waals surface area (Å²) < 4.78 is 0. The first-order valence-corrected chi connectivity index (χ1v) is 6.56. The molecule has 0 heterocycles. The van der Waals surface area contributed by atoms with Crippen LogP contribution in [0.2, 0.25) is 0 Å². The molecule has 0 aliphatic heterocycles. The summed E-state index contributed by atoms with van der Waals surface area (Å²) in [5.41, 5.74) is 0. The van der Waals surface area contributed by atoms with Crippen molar-refractivity contribution in [2.45, 2.75) is 64.2 Å². The molecule has 0 amide bonds. The van der Waals surface area contributed by atoms with Gasteiger partial charge in [0.2, 0.25) is 0 Å². The van der Waals surface area contributed by atoms with E-state index in [-0.39, 0.29) is 57.8 Å². The first-order chi connectivity index (χ1) is 7.27. The fourth-order valence-corrected chi connectivity index (χ4v) is 1.79. The van der Waals surface area contributed by atoms with Gasteiger partial charge in [-0.15, -0.1) is 11.6 Å². The van der Waals surface area contributed by atoms with Crippen LogP contribution in [0.15, 0.2) is 0 Å². The van der Waals surface area contributed by atoms with Crippen LogP contribution in [0.4, 0.5) is 0 Å². The number of alkyl halides is 1. The molecule has 4 heteroatoms. The van der Waals surface area contributed by atoms with Gasteiger partial charge in [0.1, 0.15) is 0 Å². The minimum atomic E-state index is -0.920. The fraction of sp³-hybridized carbons (Fsp3) is 0.917. The van der Waals surface area contributed by atoms with Crippen molar-refractivity contribution in [1.29, 1.82) is 0 Å². The Hall–Kier alpha value is 1.40. The zero-order chi connectivity index (χ0) is 11.4. The van der Waals surface area contributed by atoms with Gasteiger partial charge < -0.3 is 9.90 Å². The molecule has 0 unspecified atom stereocenters. The van der Waals surface area contributed by atoms with Crippen LogP contribution >= 0.6 is 11.6 Å². The third-order valence-corrected chi connectivity index (χ3v) is 2.78. The van der Waals surface area contributed by atoms with Crippen LogP contribution in [0.3, 0.4) is 0 Å². The topological polar surface area (TPSA) is 40.1 Å². The molecule has 0 saturated carbocycles. The average molecular weight is 273 g/mol. The molecule has 16 heavy (non-hydrogen) atoms. The Morgan fingerprint density at radius 1 is 0.812 bits per heavy atom. The maximum absolute atomic E-state index is 10.1. The molecule has 0 bridgehead atoms. The zero-order valence-corrected chi connectivity index (χ0v) is 14.4. The Morgan fingerprint density at radius 3 is 1.56 bits per heavy atom. The summed E-state index contributed by atoms with van der Waals surface area (Å²) in [4.78, 5) is 10.1. The number of carbonyl (C=O) groups excluding carboxylic acids is 1. The molecule has 2 nitrogen and oxygen atoms in total. The van der Waals surface area contributed by atoms with Crippen LogP contribution in [0.5, 0.6) is 0 Å². The van der Waals surface area contributed by atoms with E-state index in [2.05, 4.69) is 0 Å². The monoisotopic (exact) mass is 272 g/mol. The smallest absolute Gasteiger partial charge is 0.550 e. The molecule has 0 aliphatic carbocycles. The molecular weight excluding hydrogens is 251 g/mol. The van der Waals surface area contributed by atoms with Gasteiger partial charge in [-0.25, -0.2) is 0 Å². The molecule has 0 saturated heterocycles. The molecule has 0 rings (SSSR count). The summed E-state index contributed by atoms with van der Waals surface area (Å²) in [6.07, 6.45) is 10.6. The summed E-state index contributed by atoms with van der Waals surface area (Å²) in [6, 6.07) is 0. The van der Waals surface area contributed by atoms with Crippen molar-refractivity contribution in [3.8, 4) is 0 Å². The van der Waals surface area contributed by atoms with E-state index in [1.807, 2.05) is 0 Å². The van der Waals surface area contributed by atoms with Crippen molar-refractivity contribution < 1.29 is 61.3 Å². The van der Waals surface area contributed by atoms with Crippen molar-refractivity contribution in [2.24, 2.45) is 0 Å². The molecule has 0 aromatic carbocycles. The minimum Gasteiger partial charge on any atom is -0.550 e. The minimum absolute atomic E-state index is 0. The molecule has 0 radical (unpaired) electrons. The number of unbranched alkanes of at least 4 members (excludes halogenated alkanes) is 8. The molecule has 0 atom stereocenters. The Bertz CT molecular complexity index is 154. The van der Waals surface area contributed by atoms with E-state index in [1.165, 1.54) is 32.1 Å². The maximum Gasteiger partial charge on any atom is 1.00 e. The quantitative estimate of drug-likeness (QED) is 0.299. The van der Waals surface area contributed by atoms with E-state index in [0.717, 1.165) is 31.6 Å². The average Bonchev–Trinajstić information content (AvgIpc) is 2.20. The van der Waals surface area contributed by atoms with Gasteiger partial charge in [0, 0.05) is 11.8 Å². The van der Waals surface area contributed by atoms with Crippen LogP contribution in [-0.2, 0) is 4.79 Å². The Morgan fingerprint density at radius 2 is 1.19 bits per heavy atom. The summed E-state index contributed by atoms with van der Waals surface area (Å²) in [5, 5.41) is 10.1. The van der Waals surface area contributed by atoms with Gasteiger partial charge in [0.25, 0.3) is 0 Å². The van der Waals surface area contributed by atoms with Crippen molar-refractivity contribution in [3.63, 3.8) is 0 Å². The van der Waals surface area contributed by atoms with E-state index >= 15 is 0 Å². The predicted octanol–water partition coefficient (Wildman–Crippen LogP) is -0.120. The van der Waals surface area contributed by atoms with Gasteiger partial charge in [-0.05, 0) is 19.3 Å². The Labute approximate surface area is 147 Å². The van der Waals surface area contributed by atoms with Gasteiger partial charge in [0.05, 0.1) is 0 Å². The molecule has 0 aromatic rings. The van der Waals surface area contributed by atoms with Gasteiger partial charge in [0.15, 0.2) is 0 Å². The molecule has 0 aromatic heterocycles. The normalized spacial score (nSPS) is 9.81. The first-order valence-electron chi connectivity index (χ1n) is 6.03. The third-order valence-electron chi connectivity index (χ3n) is 2.51. The van der Waals surface area contributed by atoms with Gasteiger partial charge in [-0.1, -0.05) is 44.9 Å². The van der Waals surface area contributed by atoms with Crippen molar-refractivity contribution in [2.75, 3.05) is 5.88 Å². The summed E-state index contributed by atoms with van der Waals surface area (Å²) in [5.74, 6) is -0.139. The summed E-state index contributed by atoms with van der Waals surface area (Å²) in [7, 11) is 0. The number of hydrogen-bond donors (Lipinski definition) is 0. The van der Waals surface area contributed by atoms with Crippen molar-refractivity contribution in [1.82, 2.24) is 0 Å². The fourth-order valence-electron chi connectivity index (χ4n) is 1.60. The van der Waals surface area contributed by atoms with Crippen molar-refractivity contribution >= 4 is 17.6 Å². The number of halogens is 1. The number of hydrogen-bond acceptors (Lipinski definition) is 2. The Balaban J connectivity index is 0. The molecule has 90 valence electrons. The van der Waals surface area contributed by atoms with Gasteiger partial charge in [-0.2, -0.15) is 0 Å². The molecule has 0 fully saturated rings. The van der Waals surface area contributed by atoms with Gasteiger partial charge >= 0.3 is 51.4 Å². The number of carboxylic acid groups (broad SMARTS) is 1. The van der Waals surface area contributed by atoms with E-state index < -0.39 is 5.97 Å². The van der Waals surface area contributed by atoms with E-state index in [9.17, 15) is 9.90 Å². The second-order valence-electron chi connectivity index (χ2n) is 3.99. The van der Waals surface area contributed by atoms with Crippen LogP contribution in [-0.4, -0.2) is 11.8 Å². The number of rotatable bonds is 11. The largest absolute Gasteiger partial charge is 1.00 e. The van der Waals surface area contributed by atoms with Crippen molar-refractivity contribution in [3.05, 3.63) is 0 Å². The summed E-state index contributed by atoms with van der Waals surface area (Å²) in [6.45, 7) is 0. The second kappa shape index (κ2) is 16.4. The molecule has 0 aliphatic rings.